The SMILES string of the molecule is Cc1ccccc1CCC(N)(CO)CO. The monoisotopic (exact) mass is 209 g/mol. The largest absolute Gasteiger partial charge is 0.394 e. The number of hydrogen-bond acceptors (Lipinski definition) is 3. The van der Waals surface area contributed by atoms with Crippen molar-refractivity contribution in [3.63, 3.8) is 0 Å². The normalized spacial score (nSPS) is 11.7. The molecule has 3 nitrogen and oxygen atoms in total. The zero-order valence-electron chi connectivity index (χ0n) is 9.11. The van der Waals surface area contributed by atoms with Crippen LogP contribution in [0.25, 0.3) is 0 Å². The fraction of sp³-hybridized carbons (Fsp3) is 0.500. The Hall–Kier alpha value is -0.900. The summed E-state index contributed by atoms with van der Waals surface area (Å²) >= 11 is 0. The first-order chi connectivity index (χ1) is 7.11. The Morgan fingerprint density at radius 1 is 1.20 bits per heavy atom. The molecule has 0 atom stereocenters. The van der Waals surface area contributed by atoms with Crippen LogP contribution in [-0.2, 0) is 6.42 Å². The first-order valence-electron chi connectivity index (χ1n) is 5.16. The van der Waals surface area contributed by atoms with Crippen molar-refractivity contribution in [2.75, 3.05) is 13.2 Å². The summed E-state index contributed by atoms with van der Waals surface area (Å²) in [5.41, 5.74) is 7.37. The van der Waals surface area contributed by atoms with Gasteiger partial charge in [0.25, 0.3) is 0 Å². The van der Waals surface area contributed by atoms with Crippen molar-refractivity contribution < 1.29 is 10.2 Å². The van der Waals surface area contributed by atoms with Gasteiger partial charge in [0.1, 0.15) is 0 Å². The van der Waals surface area contributed by atoms with Crippen LogP contribution >= 0.6 is 0 Å². The summed E-state index contributed by atoms with van der Waals surface area (Å²) in [4.78, 5) is 0. The number of nitrogens with two attached hydrogens (primary N) is 1. The third-order valence-corrected chi connectivity index (χ3v) is 2.78. The average Bonchev–Trinajstić information content (AvgIpc) is 2.28. The van der Waals surface area contributed by atoms with Gasteiger partial charge in [-0.05, 0) is 30.9 Å². The molecular weight excluding hydrogens is 190 g/mol. The zero-order chi connectivity index (χ0) is 11.3. The van der Waals surface area contributed by atoms with Crippen molar-refractivity contribution in [3.8, 4) is 0 Å². The van der Waals surface area contributed by atoms with Crippen molar-refractivity contribution in [2.24, 2.45) is 5.73 Å². The molecule has 0 heterocycles. The van der Waals surface area contributed by atoms with Crippen LogP contribution in [0.4, 0.5) is 0 Å². The Bertz CT molecular complexity index is 308. The lowest BCUT2D eigenvalue weighted by Crippen LogP contribution is -2.47. The van der Waals surface area contributed by atoms with Gasteiger partial charge in [-0.3, -0.25) is 0 Å². The molecule has 84 valence electrons. The van der Waals surface area contributed by atoms with Crippen LogP contribution in [0, 0.1) is 6.92 Å². The van der Waals surface area contributed by atoms with Gasteiger partial charge in [0.05, 0.1) is 18.8 Å². The highest BCUT2D eigenvalue weighted by Gasteiger charge is 2.22. The fourth-order valence-electron chi connectivity index (χ4n) is 1.48. The van der Waals surface area contributed by atoms with Gasteiger partial charge in [-0.25, -0.2) is 0 Å². The van der Waals surface area contributed by atoms with Crippen LogP contribution in [0.5, 0.6) is 0 Å². The first-order valence-corrected chi connectivity index (χ1v) is 5.16. The molecule has 0 aliphatic rings. The van der Waals surface area contributed by atoms with Gasteiger partial charge in [-0.15, -0.1) is 0 Å². The van der Waals surface area contributed by atoms with Gasteiger partial charge in [-0.2, -0.15) is 0 Å². The Labute approximate surface area is 90.5 Å². The van der Waals surface area contributed by atoms with E-state index < -0.39 is 5.54 Å². The molecule has 4 N–H and O–H groups in total. The maximum atomic E-state index is 9.05. The Balaban J connectivity index is 2.61. The van der Waals surface area contributed by atoms with Crippen molar-refractivity contribution in [1.82, 2.24) is 0 Å². The van der Waals surface area contributed by atoms with Crippen molar-refractivity contribution >= 4 is 0 Å². The van der Waals surface area contributed by atoms with Crippen LogP contribution in [0.15, 0.2) is 24.3 Å². The Morgan fingerprint density at radius 2 is 1.80 bits per heavy atom. The fourth-order valence-corrected chi connectivity index (χ4v) is 1.48. The summed E-state index contributed by atoms with van der Waals surface area (Å²) in [6.07, 6.45) is 1.37. The van der Waals surface area contributed by atoms with Crippen LogP contribution in [-0.4, -0.2) is 29.0 Å². The second-order valence-electron chi connectivity index (χ2n) is 4.11. The molecule has 1 aromatic rings. The molecular formula is C12H19NO2. The highest BCUT2D eigenvalue weighted by molar-refractivity contribution is 5.25. The third-order valence-electron chi connectivity index (χ3n) is 2.78. The second kappa shape index (κ2) is 5.26. The molecule has 3 heteroatoms. The minimum atomic E-state index is -0.859. The lowest BCUT2D eigenvalue weighted by Gasteiger charge is -2.24. The predicted molar refractivity (Wildman–Crippen MR) is 60.6 cm³/mol. The summed E-state index contributed by atoms with van der Waals surface area (Å²) in [5, 5.41) is 18.1. The highest BCUT2D eigenvalue weighted by atomic mass is 16.3. The van der Waals surface area contributed by atoms with Gasteiger partial charge >= 0.3 is 0 Å². The minimum Gasteiger partial charge on any atom is -0.394 e. The quantitative estimate of drug-likeness (QED) is 0.665. The molecule has 0 bridgehead atoms. The summed E-state index contributed by atoms with van der Waals surface area (Å²) in [7, 11) is 0. The average molecular weight is 209 g/mol. The van der Waals surface area contributed by atoms with E-state index in [1.54, 1.807) is 0 Å². The van der Waals surface area contributed by atoms with Gasteiger partial charge < -0.3 is 15.9 Å². The van der Waals surface area contributed by atoms with E-state index in [4.69, 9.17) is 15.9 Å². The standard InChI is InChI=1S/C12H19NO2/c1-10-4-2-3-5-11(10)6-7-12(13,8-14)9-15/h2-5,14-15H,6-9,13H2,1H3. The van der Waals surface area contributed by atoms with E-state index in [0.717, 1.165) is 6.42 Å². The summed E-state index contributed by atoms with van der Waals surface area (Å²) in [6.45, 7) is 1.68. The van der Waals surface area contributed by atoms with E-state index in [1.807, 2.05) is 31.2 Å². The van der Waals surface area contributed by atoms with E-state index >= 15 is 0 Å². The molecule has 0 aromatic heterocycles. The summed E-state index contributed by atoms with van der Waals surface area (Å²) in [6, 6.07) is 8.07. The third kappa shape index (κ3) is 3.30. The van der Waals surface area contributed by atoms with Crippen LogP contribution < -0.4 is 5.73 Å². The van der Waals surface area contributed by atoms with Crippen molar-refractivity contribution in [3.05, 3.63) is 35.4 Å². The number of aliphatic hydroxyl groups excluding tert-OH is 2. The Morgan fingerprint density at radius 3 is 2.33 bits per heavy atom. The number of rotatable bonds is 5. The number of hydrogen-bond donors (Lipinski definition) is 3. The molecule has 0 amide bonds. The molecule has 0 saturated carbocycles. The molecule has 0 unspecified atom stereocenters. The van der Waals surface area contributed by atoms with E-state index in [1.165, 1.54) is 11.1 Å². The number of aliphatic hydroxyl groups is 2. The van der Waals surface area contributed by atoms with Crippen molar-refractivity contribution in [1.29, 1.82) is 0 Å². The highest BCUT2D eigenvalue weighted by Crippen LogP contribution is 2.14. The molecule has 0 radical (unpaired) electrons. The van der Waals surface area contributed by atoms with Gasteiger partial charge in [0.15, 0.2) is 0 Å². The maximum Gasteiger partial charge on any atom is 0.0633 e. The summed E-state index contributed by atoms with van der Waals surface area (Å²) < 4.78 is 0. The number of benzene rings is 1. The topological polar surface area (TPSA) is 66.5 Å². The predicted octanol–water partition coefficient (Wildman–Crippen LogP) is 0.610. The molecule has 0 spiro atoms. The second-order valence-corrected chi connectivity index (χ2v) is 4.11. The zero-order valence-corrected chi connectivity index (χ0v) is 9.11. The van der Waals surface area contributed by atoms with Crippen molar-refractivity contribution in [2.45, 2.75) is 25.3 Å². The lowest BCUT2D eigenvalue weighted by molar-refractivity contribution is 0.115. The number of aryl methyl sites for hydroxylation is 2. The van der Waals surface area contributed by atoms with Gasteiger partial charge in [0.2, 0.25) is 0 Å². The van der Waals surface area contributed by atoms with E-state index in [2.05, 4.69) is 0 Å². The van der Waals surface area contributed by atoms with Gasteiger partial charge in [-0.1, -0.05) is 24.3 Å². The minimum absolute atomic E-state index is 0.185. The van der Waals surface area contributed by atoms with Gasteiger partial charge in [0, 0.05) is 0 Å². The summed E-state index contributed by atoms with van der Waals surface area (Å²) in [5.74, 6) is 0. The molecule has 0 fully saturated rings. The molecule has 0 aliphatic heterocycles. The molecule has 15 heavy (non-hydrogen) atoms. The van der Waals surface area contributed by atoms with E-state index in [0.29, 0.717) is 6.42 Å². The smallest absolute Gasteiger partial charge is 0.0633 e. The van der Waals surface area contributed by atoms with Crippen LogP contribution in [0.2, 0.25) is 0 Å². The Kier molecular flexibility index (Phi) is 4.27. The first kappa shape index (κ1) is 12.2. The lowest BCUT2D eigenvalue weighted by atomic mass is 9.92. The molecule has 1 aromatic carbocycles. The van der Waals surface area contributed by atoms with E-state index in [9.17, 15) is 0 Å². The maximum absolute atomic E-state index is 9.05. The van der Waals surface area contributed by atoms with Crippen LogP contribution in [0.1, 0.15) is 17.5 Å². The molecule has 0 saturated heterocycles. The van der Waals surface area contributed by atoms with E-state index in [-0.39, 0.29) is 13.2 Å². The van der Waals surface area contributed by atoms with Crippen LogP contribution in [0.3, 0.4) is 0 Å². The molecule has 0 aliphatic carbocycles. The molecule has 1 rings (SSSR count).